The summed E-state index contributed by atoms with van der Waals surface area (Å²) in [7, 11) is 0. The van der Waals surface area contributed by atoms with Gasteiger partial charge in [0.1, 0.15) is 11.5 Å². The van der Waals surface area contributed by atoms with Crippen LogP contribution in [0.5, 0.6) is 11.5 Å². The Morgan fingerprint density at radius 1 is 1.07 bits per heavy atom. The lowest BCUT2D eigenvalue weighted by Crippen LogP contribution is -2.16. The Morgan fingerprint density at radius 2 is 1.80 bits per heavy atom. The fraction of sp³-hybridized carbons (Fsp3) is 0.0435. The van der Waals surface area contributed by atoms with Gasteiger partial charge in [-0.15, -0.1) is 6.58 Å². The van der Waals surface area contributed by atoms with E-state index in [0.717, 1.165) is 10.2 Å². The molecule has 1 heterocycles. The largest absolute Gasteiger partial charge is 0.457 e. The molecule has 1 aromatic heterocycles. The van der Waals surface area contributed by atoms with Crippen molar-refractivity contribution in [1.29, 1.82) is 0 Å². The number of benzene rings is 3. The highest BCUT2D eigenvalue weighted by Gasteiger charge is 2.16. The summed E-state index contributed by atoms with van der Waals surface area (Å²) in [6, 6.07) is 19.9. The summed E-state index contributed by atoms with van der Waals surface area (Å²) in [5, 5.41) is 0.869. The van der Waals surface area contributed by atoms with Crippen molar-refractivity contribution in [2.24, 2.45) is 4.99 Å². The molecule has 0 radical (unpaired) electrons. The van der Waals surface area contributed by atoms with Crippen LogP contribution in [0.15, 0.2) is 84.4 Å². The summed E-state index contributed by atoms with van der Waals surface area (Å²) in [6.07, 6.45) is 1.72. The van der Waals surface area contributed by atoms with E-state index in [1.165, 1.54) is 11.3 Å². The smallest absolute Gasteiger partial charge is 0.283 e. The van der Waals surface area contributed by atoms with E-state index >= 15 is 0 Å². The van der Waals surface area contributed by atoms with Gasteiger partial charge in [-0.3, -0.25) is 4.79 Å². The normalized spacial score (nSPS) is 11.6. The molecule has 0 unspecified atom stereocenters. The van der Waals surface area contributed by atoms with Crippen LogP contribution < -0.4 is 9.54 Å². The van der Waals surface area contributed by atoms with Gasteiger partial charge in [0.2, 0.25) is 0 Å². The van der Waals surface area contributed by atoms with Crippen LogP contribution in [-0.4, -0.2) is 10.5 Å². The van der Waals surface area contributed by atoms with Gasteiger partial charge in [0.15, 0.2) is 4.80 Å². The molecule has 1 amide bonds. The molecule has 0 spiro atoms. The standard InChI is InChI=1S/C23H16Cl2N2O2S/c1-2-14-27-21-19(13-12-17(24)20(21)25)30-23(27)26-22(28)16-10-6-7-11-18(16)29-15-8-4-3-5-9-15/h2-13H,1,14H2. The summed E-state index contributed by atoms with van der Waals surface area (Å²) in [4.78, 5) is 18.0. The van der Waals surface area contributed by atoms with E-state index in [9.17, 15) is 4.79 Å². The van der Waals surface area contributed by atoms with Crippen LogP contribution in [0.4, 0.5) is 0 Å². The first kappa shape index (κ1) is 20.4. The number of para-hydroxylation sites is 2. The summed E-state index contributed by atoms with van der Waals surface area (Å²) < 4.78 is 8.62. The first-order chi connectivity index (χ1) is 14.6. The molecular weight excluding hydrogens is 439 g/mol. The minimum atomic E-state index is -0.409. The molecule has 0 aliphatic rings. The Morgan fingerprint density at radius 3 is 2.57 bits per heavy atom. The molecule has 0 saturated carbocycles. The third-order valence-electron chi connectivity index (χ3n) is 4.33. The SMILES string of the molecule is C=CCn1c(=NC(=O)c2ccccc2Oc2ccccc2)sc2ccc(Cl)c(Cl)c21. The van der Waals surface area contributed by atoms with Crippen molar-refractivity contribution in [2.75, 3.05) is 0 Å². The van der Waals surface area contributed by atoms with E-state index < -0.39 is 5.91 Å². The van der Waals surface area contributed by atoms with Crippen LogP contribution in [0.2, 0.25) is 10.0 Å². The number of fused-ring (bicyclic) bond motifs is 1. The van der Waals surface area contributed by atoms with Crippen LogP contribution in [0.3, 0.4) is 0 Å². The number of hydrogen-bond acceptors (Lipinski definition) is 3. The zero-order valence-electron chi connectivity index (χ0n) is 15.7. The number of rotatable bonds is 5. The predicted octanol–water partition coefficient (Wildman–Crippen LogP) is 6.73. The van der Waals surface area contributed by atoms with E-state index in [1.807, 2.05) is 47.0 Å². The van der Waals surface area contributed by atoms with Gasteiger partial charge in [-0.2, -0.15) is 4.99 Å². The van der Waals surface area contributed by atoms with Gasteiger partial charge >= 0.3 is 0 Å². The lowest BCUT2D eigenvalue weighted by Gasteiger charge is -2.08. The minimum Gasteiger partial charge on any atom is -0.457 e. The highest BCUT2D eigenvalue weighted by molar-refractivity contribution is 7.16. The molecule has 4 aromatic rings. The van der Waals surface area contributed by atoms with E-state index in [2.05, 4.69) is 11.6 Å². The second-order valence-corrected chi connectivity index (χ2v) is 8.11. The van der Waals surface area contributed by atoms with E-state index in [-0.39, 0.29) is 0 Å². The Labute approximate surface area is 187 Å². The predicted molar refractivity (Wildman–Crippen MR) is 123 cm³/mol. The van der Waals surface area contributed by atoms with Gasteiger partial charge in [-0.1, -0.05) is 70.9 Å². The van der Waals surface area contributed by atoms with Crippen LogP contribution >= 0.6 is 34.5 Å². The van der Waals surface area contributed by atoms with Crippen LogP contribution in [0.25, 0.3) is 10.2 Å². The monoisotopic (exact) mass is 454 g/mol. The second-order valence-electron chi connectivity index (χ2n) is 6.32. The average molecular weight is 455 g/mol. The number of carbonyl (C=O) groups is 1. The van der Waals surface area contributed by atoms with Gasteiger partial charge in [0.05, 0.1) is 25.8 Å². The van der Waals surface area contributed by atoms with E-state index in [4.69, 9.17) is 27.9 Å². The van der Waals surface area contributed by atoms with Gasteiger partial charge in [0, 0.05) is 6.54 Å². The molecule has 0 fully saturated rings. The molecule has 7 heteroatoms. The number of amides is 1. The number of allylic oxidation sites excluding steroid dienone is 1. The molecule has 4 nitrogen and oxygen atoms in total. The van der Waals surface area contributed by atoms with Gasteiger partial charge in [0.25, 0.3) is 5.91 Å². The van der Waals surface area contributed by atoms with Crippen LogP contribution in [-0.2, 0) is 6.54 Å². The molecule has 0 atom stereocenters. The topological polar surface area (TPSA) is 43.6 Å². The van der Waals surface area contributed by atoms with Crippen molar-refractivity contribution in [3.05, 3.63) is 99.8 Å². The molecule has 4 rings (SSSR count). The fourth-order valence-corrected chi connectivity index (χ4v) is 4.50. The maximum absolute atomic E-state index is 13.1. The van der Waals surface area contributed by atoms with Crippen molar-refractivity contribution < 1.29 is 9.53 Å². The third-order valence-corrected chi connectivity index (χ3v) is 6.17. The number of carbonyl (C=O) groups excluding carboxylic acids is 1. The Balaban J connectivity index is 1.81. The molecule has 0 aliphatic heterocycles. The maximum Gasteiger partial charge on any atom is 0.283 e. The number of nitrogens with zero attached hydrogens (tertiary/aromatic N) is 2. The number of aromatic nitrogens is 1. The average Bonchev–Trinajstić information content (AvgIpc) is 3.10. The molecule has 30 heavy (non-hydrogen) atoms. The second kappa shape index (κ2) is 8.88. The van der Waals surface area contributed by atoms with Crippen molar-refractivity contribution in [1.82, 2.24) is 4.57 Å². The fourth-order valence-electron chi connectivity index (χ4n) is 2.98. The van der Waals surface area contributed by atoms with Gasteiger partial charge < -0.3 is 9.30 Å². The molecule has 0 aliphatic carbocycles. The van der Waals surface area contributed by atoms with Crippen molar-refractivity contribution >= 4 is 50.7 Å². The molecule has 3 aromatic carbocycles. The highest BCUT2D eigenvalue weighted by atomic mass is 35.5. The van der Waals surface area contributed by atoms with Gasteiger partial charge in [-0.05, 0) is 36.4 Å². The summed E-state index contributed by atoms with van der Waals surface area (Å²) >= 11 is 14.0. The van der Waals surface area contributed by atoms with Gasteiger partial charge in [-0.25, -0.2) is 0 Å². The summed E-state index contributed by atoms with van der Waals surface area (Å²) in [6.45, 7) is 4.23. The molecule has 150 valence electrons. The third kappa shape index (κ3) is 4.05. The lowest BCUT2D eigenvalue weighted by molar-refractivity contribution is 0.0995. The summed E-state index contributed by atoms with van der Waals surface area (Å²) in [5.41, 5.74) is 1.10. The number of hydrogen-bond donors (Lipinski definition) is 0. The quantitative estimate of drug-likeness (QED) is 0.313. The lowest BCUT2D eigenvalue weighted by atomic mass is 10.2. The van der Waals surface area contributed by atoms with Crippen LogP contribution in [0.1, 0.15) is 10.4 Å². The molecule has 0 bridgehead atoms. The van der Waals surface area contributed by atoms with E-state index in [1.54, 1.807) is 30.3 Å². The Kier molecular flexibility index (Phi) is 6.04. The summed E-state index contributed by atoms with van der Waals surface area (Å²) in [5.74, 6) is 0.672. The van der Waals surface area contributed by atoms with Crippen molar-refractivity contribution in [3.63, 3.8) is 0 Å². The maximum atomic E-state index is 13.1. The number of ether oxygens (including phenoxy) is 1. The van der Waals surface area contributed by atoms with Crippen molar-refractivity contribution in [2.45, 2.75) is 6.54 Å². The highest BCUT2D eigenvalue weighted by Crippen LogP contribution is 2.32. The Hall–Kier alpha value is -2.86. The first-order valence-electron chi connectivity index (χ1n) is 9.07. The van der Waals surface area contributed by atoms with E-state index in [0.29, 0.717) is 38.5 Å². The first-order valence-corrected chi connectivity index (χ1v) is 10.6. The number of halogens is 2. The van der Waals surface area contributed by atoms with Crippen LogP contribution in [0, 0.1) is 0 Å². The zero-order valence-corrected chi connectivity index (χ0v) is 18.0. The Bertz CT molecular complexity index is 1310. The molecule has 0 N–H and O–H groups in total. The zero-order chi connectivity index (χ0) is 21.1. The minimum absolute atomic E-state index is 0.369. The van der Waals surface area contributed by atoms with Crippen molar-refractivity contribution in [3.8, 4) is 11.5 Å². The number of thiazole rings is 1. The molecular formula is C23H16Cl2N2O2S. The molecule has 0 saturated heterocycles.